The first-order valence-electron chi connectivity index (χ1n) is 6.80. The molecule has 1 aliphatic heterocycles. The summed E-state index contributed by atoms with van der Waals surface area (Å²) in [4.78, 5) is 18.4. The second kappa shape index (κ2) is 5.40. The maximum Gasteiger partial charge on any atom is 0.410 e. The summed E-state index contributed by atoms with van der Waals surface area (Å²) in [6, 6.07) is 3.79. The molecule has 2 atom stereocenters. The summed E-state index contributed by atoms with van der Waals surface area (Å²) in [5, 5.41) is 0. The fraction of sp³-hybridized carbons (Fsp3) is 0.600. The Kier molecular flexibility index (Phi) is 3.99. The highest BCUT2D eigenvalue weighted by atomic mass is 16.6. The molecule has 0 aliphatic carbocycles. The van der Waals surface area contributed by atoms with Crippen LogP contribution in [0.5, 0.6) is 0 Å². The summed E-state index contributed by atoms with van der Waals surface area (Å²) in [7, 11) is 1.63. The van der Waals surface area contributed by atoms with E-state index >= 15 is 0 Å². The average molecular weight is 278 g/mol. The second-order valence-electron chi connectivity index (χ2n) is 6.01. The number of nitrogens with zero attached hydrogens (tertiary/aromatic N) is 2. The Morgan fingerprint density at radius 3 is 2.75 bits per heavy atom. The van der Waals surface area contributed by atoms with Crippen molar-refractivity contribution in [2.24, 2.45) is 0 Å². The lowest BCUT2D eigenvalue weighted by atomic mass is 9.96. The van der Waals surface area contributed by atoms with Gasteiger partial charge in [-0.2, -0.15) is 0 Å². The molecule has 1 amide bonds. The second-order valence-corrected chi connectivity index (χ2v) is 6.01. The molecule has 0 unspecified atom stereocenters. The van der Waals surface area contributed by atoms with Gasteiger partial charge in [-0.05, 0) is 39.3 Å². The van der Waals surface area contributed by atoms with Gasteiger partial charge in [0.1, 0.15) is 11.7 Å². The highest BCUT2D eigenvalue weighted by Gasteiger charge is 2.36. The van der Waals surface area contributed by atoms with Gasteiger partial charge >= 0.3 is 6.09 Å². The van der Waals surface area contributed by atoms with Gasteiger partial charge < -0.3 is 9.47 Å². The van der Waals surface area contributed by atoms with Crippen molar-refractivity contribution >= 4 is 6.09 Å². The normalized spacial score (nSPS) is 22.4. The molecule has 1 aliphatic rings. The Bertz CT molecular complexity index is 496. The number of carbonyl (C=O) groups excluding carboxylic acids is 1. The Hall–Kier alpha value is -1.62. The van der Waals surface area contributed by atoms with Crippen molar-refractivity contribution in [2.45, 2.75) is 45.4 Å². The summed E-state index contributed by atoms with van der Waals surface area (Å²) < 4.78 is 10.9. The molecule has 1 aromatic heterocycles. The van der Waals surface area contributed by atoms with Crippen LogP contribution in [0, 0.1) is 0 Å². The van der Waals surface area contributed by atoms with E-state index in [2.05, 4.69) is 4.98 Å². The van der Waals surface area contributed by atoms with Crippen molar-refractivity contribution < 1.29 is 14.3 Å². The van der Waals surface area contributed by atoms with Crippen LogP contribution in [0.3, 0.4) is 0 Å². The van der Waals surface area contributed by atoms with Gasteiger partial charge in [0.15, 0.2) is 0 Å². The number of amides is 1. The molecule has 110 valence electrons. The predicted octanol–water partition coefficient (Wildman–Crippen LogP) is 3.08. The van der Waals surface area contributed by atoms with E-state index < -0.39 is 5.60 Å². The molecular weight excluding hydrogens is 256 g/mol. The van der Waals surface area contributed by atoms with E-state index in [1.807, 2.05) is 39.8 Å². The van der Waals surface area contributed by atoms with Crippen LogP contribution in [0.25, 0.3) is 0 Å². The smallest absolute Gasteiger partial charge is 0.410 e. The number of carbonyl (C=O) groups is 1. The van der Waals surface area contributed by atoms with Crippen LogP contribution >= 0.6 is 0 Å². The third kappa shape index (κ3) is 2.93. The number of ether oxygens (including phenoxy) is 2. The number of rotatable bonds is 1. The topological polar surface area (TPSA) is 51.7 Å². The molecule has 0 bridgehead atoms. The molecule has 2 rings (SSSR count). The summed E-state index contributed by atoms with van der Waals surface area (Å²) in [5.74, 6) is 0. The van der Waals surface area contributed by atoms with Gasteiger partial charge in [-0.1, -0.05) is 6.07 Å². The number of fused-ring (bicyclic) bond motifs is 1. The maximum atomic E-state index is 12.3. The summed E-state index contributed by atoms with van der Waals surface area (Å²) in [5.41, 5.74) is 1.41. The van der Waals surface area contributed by atoms with Crippen LogP contribution in [-0.2, 0) is 9.47 Å². The molecule has 0 N–H and O–H groups in total. The highest BCUT2D eigenvalue weighted by Crippen LogP contribution is 2.35. The zero-order valence-corrected chi connectivity index (χ0v) is 12.7. The maximum absolute atomic E-state index is 12.3. The average Bonchev–Trinajstić information content (AvgIpc) is 2.37. The molecule has 0 saturated carbocycles. The van der Waals surface area contributed by atoms with Gasteiger partial charge in [-0.25, -0.2) is 4.79 Å². The lowest BCUT2D eigenvalue weighted by Gasteiger charge is -2.38. The quantitative estimate of drug-likeness (QED) is 0.792. The van der Waals surface area contributed by atoms with Crippen LogP contribution in [0.1, 0.15) is 51.1 Å². The van der Waals surface area contributed by atoms with E-state index in [1.165, 1.54) is 0 Å². The van der Waals surface area contributed by atoms with Crippen molar-refractivity contribution in [3.8, 4) is 0 Å². The monoisotopic (exact) mass is 278 g/mol. The predicted molar refractivity (Wildman–Crippen MR) is 75.3 cm³/mol. The number of pyridine rings is 1. The number of hydrogen-bond donors (Lipinski definition) is 0. The molecule has 0 radical (unpaired) electrons. The molecule has 5 nitrogen and oxygen atoms in total. The summed E-state index contributed by atoms with van der Waals surface area (Å²) in [6.45, 7) is 8.03. The first-order valence-corrected chi connectivity index (χ1v) is 6.80. The van der Waals surface area contributed by atoms with Crippen LogP contribution in [0.4, 0.5) is 4.79 Å². The summed E-state index contributed by atoms with van der Waals surface area (Å²) >= 11 is 0. The number of hydrogen-bond acceptors (Lipinski definition) is 4. The first-order chi connectivity index (χ1) is 9.33. The SMILES string of the molecule is CO[C@H]1CN(C(=O)OC(C)(C)C)[C@H](C)c2cccnc21. The van der Waals surface area contributed by atoms with E-state index in [9.17, 15) is 4.79 Å². The number of methoxy groups -OCH3 is 1. The third-order valence-corrected chi connectivity index (χ3v) is 3.37. The highest BCUT2D eigenvalue weighted by molar-refractivity contribution is 5.69. The van der Waals surface area contributed by atoms with Gasteiger partial charge in [-0.3, -0.25) is 9.88 Å². The molecule has 0 fully saturated rings. The minimum Gasteiger partial charge on any atom is -0.444 e. The lowest BCUT2D eigenvalue weighted by Crippen LogP contribution is -2.44. The van der Waals surface area contributed by atoms with Crippen LogP contribution in [-0.4, -0.2) is 35.2 Å². The van der Waals surface area contributed by atoms with Gasteiger partial charge in [0.25, 0.3) is 0 Å². The molecule has 20 heavy (non-hydrogen) atoms. The van der Waals surface area contributed by atoms with Crippen molar-refractivity contribution in [3.63, 3.8) is 0 Å². The van der Waals surface area contributed by atoms with Crippen LogP contribution in [0.15, 0.2) is 18.3 Å². The first kappa shape index (κ1) is 14.8. The Morgan fingerprint density at radius 1 is 1.45 bits per heavy atom. The molecule has 0 aromatic carbocycles. The number of aromatic nitrogens is 1. The molecule has 5 heteroatoms. The molecule has 2 heterocycles. The van der Waals surface area contributed by atoms with Gasteiger partial charge in [0.2, 0.25) is 0 Å². The van der Waals surface area contributed by atoms with E-state index in [4.69, 9.17) is 9.47 Å². The Balaban J connectivity index is 2.28. The van der Waals surface area contributed by atoms with E-state index in [1.54, 1.807) is 18.2 Å². The van der Waals surface area contributed by atoms with Crippen LogP contribution < -0.4 is 0 Å². The molecule has 0 spiro atoms. The fourth-order valence-electron chi connectivity index (χ4n) is 2.38. The Labute approximate surface area is 119 Å². The van der Waals surface area contributed by atoms with Crippen LogP contribution in [0.2, 0.25) is 0 Å². The molecular formula is C15H22N2O3. The van der Waals surface area contributed by atoms with Gasteiger partial charge in [-0.15, -0.1) is 0 Å². The standard InChI is InChI=1S/C15H22N2O3/c1-10-11-7-6-8-16-13(11)12(19-5)9-17(10)14(18)20-15(2,3)4/h6-8,10,12H,9H2,1-5H3/t10-,12+/m1/s1. The summed E-state index contributed by atoms with van der Waals surface area (Å²) in [6.07, 6.45) is 1.22. The van der Waals surface area contributed by atoms with E-state index in [0.717, 1.165) is 11.3 Å². The van der Waals surface area contributed by atoms with Gasteiger partial charge in [0.05, 0.1) is 18.3 Å². The Morgan fingerprint density at radius 2 is 2.15 bits per heavy atom. The van der Waals surface area contributed by atoms with Crippen molar-refractivity contribution in [2.75, 3.05) is 13.7 Å². The lowest BCUT2D eigenvalue weighted by molar-refractivity contribution is -0.00999. The van der Waals surface area contributed by atoms with Crippen molar-refractivity contribution in [1.82, 2.24) is 9.88 Å². The minimum atomic E-state index is -0.505. The van der Waals surface area contributed by atoms with E-state index in [-0.39, 0.29) is 18.2 Å². The van der Waals surface area contributed by atoms with Gasteiger partial charge in [0, 0.05) is 13.3 Å². The van der Waals surface area contributed by atoms with Crippen molar-refractivity contribution in [1.29, 1.82) is 0 Å². The van der Waals surface area contributed by atoms with Crippen molar-refractivity contribution in [3.05, 3.63) is 29.6 Å². The third-order valence-electron chi connectivity index (χ3n) is 3.37. The molecule has 1 aromatic rings. The fourth-order valence-corrected chi connectivity index (χ4v) is 2.38. The molecule has 0 saturated heterocycles. The zero-order chi connectivity index (χ0) is 14.9. The minimum absolute atomic E-state index is 0.0695. The largest absolute Gasteiger partial charge is 0.444 e. The van der Waals surface area contributed by atoms with E-state index in [0.29, 0.717) is 6.54 Å². The zero-order valence-electron chi connectivity index (χ0n) is 12.7.